The Morgan fingerprint density at radius 1 is 1.12 bits per heavy atom. The lowest BCUT2D eigenvalue weighted by Crippen LogP contribution is -2.19. The number of nitrogens with zero attached hydrogens (tertiary/aromatic N) is 3. The second-order valence-electron chi connectivity index (χ2n) is 5.42. The van der Waals surface area contributed by atoms with E-state index in [1.165, 1.54) is 0 Å². The first kappa shape index (κ1) is 16.6. The zero-order valence-corrected chi connectivity index (χ0v) is 13.9. The molecule has 0 spiro atoms. The van der Waals surface area contributed by atoms with E-state index >= 15 is 0 Å². The van der Waals surface area contributed by atoms with Crippen LogP contribution in [0.15, 0.2) is 53.6 Å². The van der Waals surface area contributed by atoms with E-state index in [1.807, 2.05) is 43.3 Å². The van der Waals surface area contributed by atoms with Gasteiger partial charge in [0.05, 0.1) is 6.61 Å². The monoisotopic (exact) mass is 337 g/mol. The highest BCUT2D eigenvalue weighted by Crippen LogP contribution is 2.13. The maximum absolute atomic E-state index is 12.2. The lowest BCUT2D eigenvalue weighted by molar-refractivity contribution is 0.340. The molecule has 0 radical (unpaired) electrons. The van der Waals surface area contributed by atoms with Crippen molar-refractivity contribution in [2.75, 3.05) is 11.9 Å². The number of aromatic amines is 1. The molecule has 2 aromatic heterocycles. The minimum Gasteiger partial charge on any atom is -0.494 e. The van der Waals surface area contributed by atoms with E-state index in [1.54, 1.807) is 12.4 Å². The van der Waals surface area contributed by atoms with Crippen LogP contribution in [0.1, 0.15) is 23.7 Å². The second kappa shape index (κ2) is 8.05. The van der Waals surface area contributed by atoms with Gasteiger partial charge in [0.15, 0.2) is 0 Å². The Hall–Kier alpha value is -3.22. The van der Waals surface area contributed by atoms with Crippen molar-refractivity contribution in [2.24, 2.45) is 0 Å². The number of anilines is 1. The van der Waals surface area contributed by atoms with Crippen molar-refractivity contribution in [1.82, 2.24) is 20.2 Å². The minimum absolute atomic E-state index is 0.252. The Kier molecular flexibility index (Phi) is 5.36. The quantitative estimate of drug-likeness (QED) is 0.686. The molecule has 25 heavy (non-hydrogen) atoms. The lowest BCUT2D eigenvalue weighted by Gasteiger charge is -2.06. The average molecular weight is 337 g/mol. The topological polar surface area (TPSA) is 92.8 Å². The Morgan fingerprint density at radius 3 is 2.64 bits per heavy atom. The van der Waals surface area contributed by atoms with Crippen molar-refractivity contribution < 1.29 is 4.74 Å². The molecule has 7 nitrogen and oxygen atoms in total. The molecule has 3 rings (SSSR count). The molecule has 2 N–H and O–H groups in total. The van der Waals surface area contributed by atoms with Gasteiger partial charge in [-0.1, -0.05) is 18.2 Å². The molecule has 0 aliphatic heterocycles. The third-order valence-electron chi connectivity index (χ3n) is 3.55. The highest BCUT2D eigenvalue weighted by Gasteiger charge is 2.06. The number of nitrogens with one attached hydrogen (secondary N) is 2. The number of benzene rings is 1. The van der Waals surface area contributed by atoms with Crippen molar-refractivity contribution in [3.8, 4) is 5.75 Å². The standard InChI is InChI=1S/C18H19N5O2/c1-2-25-15-7-5-13(6-8-15)10-16-17(24)21-18(23-22-16)20-12-14-4-3-9-19-11-14/h3-9,11H,2,10,12H2,1H3,(H2,20,21,23,24). The third-order valence-corrected chi connectivity index (χ3v) is 3.55. The van der Waals surface area contributed by atoms with Gasteiger partial charge in [-0.15, -0.1) is 10.2 Å². The van der Waals surface area contributed by atoms with Gasteiger partial charge in [0, 0.05) is 25.4 Å². The van der Waals surface area contributed by atoms with Gasteiger partial charge < -0.3 is 10.1 Å². The maximum atomic E-state index is 12.2. The Bertz CT molecular complexity index is 863. The van der Waals surface area contributed by atoms with E-state index < -0.39 is 0 Å². The molecule has 0 fully saturated rings. The largest absolute Gasteiger partial charge is 0.494 e. The van der Waals surface area contributed by atoms with Gasteiger partial charge in [-0.3, -0.25) is 14.8 Å². The molecule has 0 atom stereocenters. The molecule has 0 bridgehead atoms. The number of ether oxygens (including phenoxy) is 1. The van der Waals surface area contributed by atoms with Gasteiger partial charge in [0.1, 0.15) is 11.4 Å². The highest BCUT2D eigenvalue weighted by atomic mass is 16.5. The first-order valence-electron chi connectivity index (χ1n) is 8.05. The summed E-state index contributed by atoms with van der Waals surface area (Å²) in [6.45, 7) is 3.07. The molecule has 0 saturated carbocycles. The van der Waals surface area contributed by atoms with Crippen molar-refractivity contribution in [1.29, 1.82) is 0 Å². The number of aromatic nitrogens is 4. The van der Waals surface area contributed by atoms with Crippen LogP contribution in [-0.4, -0.2) is 26.8 Å². The van der Waals surface area contributed by atoms with E-state index in [0.717, 1.165) is 16.9 Å². The van der Waals surface area contributed by atoms with Crippen LogP contribution in [0.2, 0.25) is 0 Å². The number of hydrogen-bond acceptors (Lipinski definition) is 6. The van der Waals surface area contributed by atoms with Gasteiger partial charge in [0.2, 0.25) is 5.95 Å². The van der Waals surface area contributed by atoms with Crippen LogP contribution in [0.4, 0.5) is 5.95 Å². The van der Waals surface area contributed by atoms with Gasteiger partial charge in [0.25, 0.3) is 5.56 Å². The van der Waals surface area contributed by atoms with Crippen LogP contribution < -0.4 is 15.6 Å². The number of rotatable bonds is 7. The molecular formula is C18H19N5O2. The fraction of sp³-hybridized carbons (Fsp3) is 0.222. The van der Waals surface area contributed by atoms with Crippen molar-refractivity contribution in [3.05, 3.63) is 76.0 Å². The summed E-state index contributed by atoms with van der Waals surface area (Å²) in [5.74, 6) is 1.14. The summed E-state index contributed by atoms with van der Waals surface area (Å²) in [5, 5.41) is 11.1. The van der Waals surface area contributed by atoms with Crippen LogP contribution >= 0.6 is 0 Å². The molecule has 7 heteroatoms. The van der Waals surface area contributed by atoms with Gasteiger partial charge in [-0.05, 0) is 36.2 Å². The molecule has 0 unspecified atom stereocenters. The zero-order valence-electron chi connectivity index (χ0n) is 13.9. The van der Waals surface area contributed by atoms with Gasteiger partial charge in [-0.25, -0.2) is 0 Å². The molecule has 3 aromatic rings. The predicted molar refractivity (Wildman–Crippen MR) is 94.6 cm³/mol. The molecular weight excluding hydrogens is 318 g/mol. The average Bonchev–Trinajstić information content (AvgIpc) is 2.65. The Balaban J connectivity index is 1.64. The summed E-state index contributed by atoms with van der Waals surface area (Å²) >= 11 is 0. The molecule has 1 aromatic carbocycles. The first-order chi connectivity index (χ1) is 12.2. The molecule has 0 amide bonds. The highest BCUT2D eigenvalue weighted by molar-refractivity contribution is 5.30. The summed E-state index contributed by atoms with van der Waals surface area (Å²) < 4.78 is 5.41. The van der Waals surface area contributed by atoms with Crippen molar-refractivity contribution in [2.45, 2.75) is 19.9 Å². The number of hydrogen-bond donors (Lipinski definition) is 2. The molecule has 0 saturated heterocycles. The first-order valence-corrected chi connectivity index (χ1v) is 8.05. The second-order valence-corrected chi connectivity index (χ2v) is 5.42. The van der Waals surface area contributed by atoms with Gasteiger partial charge in [-0.2, -0.15) is 0 Å². The summed E-state index contributed by atoms with van der Waals surface area (Å²) in [7, 11) is 0. The number of pyridine rings is 1. The van der Waals surface area contributed by atoms with Crippen molar-refractivity contribution >= 4 is 5.95 Å². The van der Waals surface area contributed by atoms with Crippen LogP contribution in [0.3, 0.4) is 0 Å². The lowest BCUT2D eigenvalue weighted by atomic mass is 10.1. The summed E-state index contributed by atoms with van der Waals surface area (Å²) in [4.78, 5) is 18.9. The normalized spacial score (nSPS) is 10.4. The summed E-state index contributed by atoms with van der Waals surface area (Å²) in [6.07, 6.45) is 3.87. The Morgan fingerprint density at radius 2 is 1.96 bits per heavy atom. The molecule has 0 aliphatic rings. The Labute approximate surface area is 145 Å². The SMILES string of the molecule is CCOc1ccc(Cc2nnc(NCc3cccnc3)[nH]c2=O)cc1. The fourth-order valence-electron chi connectivity index (χ4n) is 2.31. The van der Waals surface area contributed by atoms with E-state index in [2.05, 4.69) is 25.5 Å². The van der Waals surface area contributed by atoms with E-state index in [9.17, 15) is 4.79 Å². The third kappa shape index (κ3) is 4.63. The molecule has 2 heterocycles. The van der Waals surface area contributed by atoms with Crippen LogP contribution in [0.25, 0.3) is 0 Å². The van der Waals surface area contributed by atoms with E-state index in [0.29, 0.717) is 31.2 Å². The van der Waals surface area contributed by atoms with Crippen LogP contribution in [0.5, 0.6) is 5.75 Å². The van der Waals surface area contributed by atoms with Crippen LogP contribution in [-0.2, 0) is 13.0 Å². The number of H-pyrrole nitrogens is 1. The fourth-order valence-corrected chi connectivity index (χ4v) is 2.31. The summed E-state index contributed by atoms with van der Waals surface area (Å²) in [5.41, 5.74) is 2.08. The van der Waals surface area contributed by atoms with E-state index in [4.69, 9.17) is 4.74 Å². The predicted octanol–water partition coefficient (Wildman–Crippen LogP) is 2.16. The van der Waals surface area contributed by atoms with E-state index in [-0.39, 0.29) is 5.56 Å². The zero-order chi connectivity index (χ0) is 17.5. The smallest absolute Gasteiger partial charge is 0.274 e. The van der Waals surface area contributed by atoms with Gasteiger partial charge >= 0.3 is 0 Å². The van der Waals surface area contributed by atoms with Crippen molar-refractivity contribution in [3.63, 3.8) is 0 Å². The molecule has 128 valence electrons. The maximum Gasteiger partial charge on any atom is 0.274 e. The van der Waals surface area contributed by atoms with Crippen LogP contribution in [0, 0.1) is 0 Å². The summed E-state index contributed by atoms with van der Waals surface area (Å²) in [6, 6.07) is 11.4. The minimum atomic E-state index is -0.252. The molecule has 0 aliphatic carbocycles.